The smallest absolute Gasteiger partial charge is 0.497 e. The van der Waals surface area contributed by atoms with Crippen molar-refractivity contribution in [2.75, 3.05) is 7.11 Å². The lowest BCUT2D eigenvalue weighted by Crippen LogP contribution is -2.50. The average Bonchev–Trinajstić information content (AvgIpc) is 2.84. The lowest BCUT2D eigenvalue weighted by Gasteiger charge is -2.31. The second-order valence-corrected chi connectivity index (χ2v) is 9.10. The van der Waals surface area contributed by atoms with E-state index in [4.69, 9.17) is 9.47 Å². The number of amides is 1. The molecular formula is C27H28F3NO6. The number of benzene rings is 3. The number of carboxylic acids is 1. The molecule has 0 aliphatic heterocycles. The van der Waals surface area contributed by atoms with E-state index in [0.717, 1.165) is 17.5 Å². The summed E-state index contributed by atoms with van der Waals surface area (Å²) < 4.78 is 52.6. The lowest BCUT2D eigenvalue weighted by atomic mass is 9.81. The maximum Gasteiger partial charge on any atom is 0.573 e. The summed E-state index contributed by atoms with van der Waals surface area (Å²) in [6.07, 6.45) is -4.29. The molecule has 0 saturated heterocycles. The van der Waals surface area contributed by atoms with E-state index in [1.54, 1.807) is 38.1 Å². The van der Waals surface area contributed by atoms with Crippen molar-refractivity contribution in [2.24, 2.45) is 5.41 Å². The first-order valence-electron chi connectivity index (χ1n) is 11.5. The van der Waals surface area contributed by atoms with Crippen LogP contribution in [0.25, 0.3) is 10.8 Å². The van der Waals surface area contributed by atoms with Crippen molar-refractivity contribution in [1.82, 2.24) is 5.32 Å². The van der Waals surface area contributed by atoms with Gasteiger partial charge in [-0.25, -0.2) is 4.79 Å². The summed E-state index contributed by atoms with van der Waals surface area (Å²) in [6, 6.07) is 12.5. The maximum atomic E-state index is 13.3. The van der Waals surface area contributed by atoms with Crippen molar-refractivity contribution in [3.05, 3.63) is 65.7 Å². The van der Waals surface area contributed by atoms with Crippen LogP contribution >= 0.6 is 0 Å². The molecule has 0 aliphatic carbocycles. The Morgan fingerprint density at radius 2 is 1.62 bits per heavy atom. The van der Waals surface area contributed by atoms with Gasteiger partial charge in [-0.2, -0.15) is 0 Å². The van der Waals surface area contributed by atoms with Gasteiger partial charge in [0.1, 0.15) is 29.9 Å². The fourth-order valence-corrected chi connectivity index (χ4v) is 3.68. The van der Waals surface area contributed by atoms with E-state index in [9.17, 15) is 27.9 Å². The van der Waals surface area contributed by atoms with Gasteiger partial charge in [-0.3, -0.25) is 4.79 Å². The summed E-state index contributed by atoms with van der Waals surface area (Å²) in [5, 5.41) is 13.6. The Morgan fingerprint density at radius 3 is 2.19 bits per heavy atom. The van der Waals surface area contributed by atoms with E-state index in [2.05, 4.69) is 10.1 Å². The van der Waals surface area contributed by atoms with E-state index < -0.39 is 29.7 Å². The second kappa shape index (κ2) is 11.0. The van der Waals surface area contributed by atoms with Gasteiger partial charge in [0.05, 0.1) is 12.7 Å². The molecule has 0 heterocycles. The number of nitrogens with one attached hydrogen (secondary N) is 1. The van der Waals surface area contributed by atoms with Crippen LogP contribution in [-0.2, 0) is 11.4 Å². The molecule has 1 atom stereocenters. The molecule has 7 nitrogen and oxygen atoms in total. The van der Waals surface area contributed by atoms with Gasteiger partial charge in [-0.1, -0.05) is 45.0 Å². The van der Waals surface area contributed by atoms with Gasteiger partial charge in [0.2, 0.25) is 0 Å². The Kier molecular flexibility index (Phi) is 8.20. The molecule has 3 rings (SSSR count). The van der Waals surface area contributed by atoms with Crippen molar-refractivity contribution in [1.29, 1.82) is 0 Å². The highest BCUT2D eigenvalue weighted by Crippen LogP contribution is 2.34. The summed E-state index contributed by atoms with van der Waals surface area (Å²) >= 11 is 0. The third-order valence-electron chi connectivity index (χ3n) is 6.18. The highest BCUT2D eigenvalue weighted by Gasteiger charge is 2.36. The van der Waals surface area contributed by atoms with Crippen molar-refractivity contribution >= 4 is 22.6 Å². The number of alkyl halides is 3. The van der Waals surface area contributed by atoms with Gasteiger partial charge in [0.25, 0.3) is 5.91 Å². The molecule has 198 valence electrons. The number of fused-ring (bicyclic) bond motifs is 1. The summed E-state index contributed by atoms with van der Waals surface area (Å²) in [4.78, 5) is 25.3. The Bertz CT molecular complexity index is 1270. The molecule has 0 aromatic heterocycles. The zero-order valence-corrected chi connectivity index (χ0v) is 20.8. The number of methoxy groups -OCH3 is 1. The second-order valence-electron chi connectivity index (χ2n) is 9.10. The van der Waals surface area contributed by atoms with E-state index >= 15 is 0 Å². The molecule has 0 aliphatic rings. The first-order chi connectivity index (χ1) is 17.3. The number of ether oxygens (including phenoxy) is 3. The van der Waals surface area contributed by atoms with E-state index in [-0.39, 0.29) is 23.7 Å². The first kappa shape index (κ1) is 27.6. The van der Waals surface area contributed by atoms with Crippen LogP contribution in [0, 0.1) is 5.41 Å². The van der Waals surface area contributed by atoms with Crippen molar-refractivity contribution in [3.63, 3.8) is 0 Å². The summed E-state index contributed by atoms with van der Waals surface area (Å²) in [5.74, 6) is -1.47. The number of carbonyl (C=O) groups excluding carboxylic acids is 1. The average molecular weight is 520 g/mol. The number of carboxylic acid groups (broad SMARTS) is 1. The third-order valence-corrected chi connectivity index (χ3v) is 6.18. The minimum atomic E-state index is -4.80. The fraction of sp³-hybridized carbons (Fsp3) is 0.333. The van der Waals surface area contributed by atoms with Crippen molar-refractivity contribution in [2.45, 2.75) is 46.2 Å². The minimum absolute atomic E-state index is 0.0777. The third kappa shape index (κ3) is 6.84. The molecule has 0 unspecified atom stereocenters. The van der Waals surface area contributed by atoms with Gasteiger partial charge >= 0.3 is 12.3 Å². The molecule has 3 aromatic rings. The van der Waals surface area contributed by atoms with Gasteiger partial charge in [0.15, 0.2) is 0 Å². The Labute approximate surface area is 212 Å². The van der Waals surface area contributed by atoms with Crippen LogP contribution in [0.4, 0.5) is 13.2 Å². The van der Waals surface area contributed by atoms with Crippen molar-refractivity contribution in [3.8, 4) is 17.2 Å². The molecular weight excluding hydrogens is 491 g/mol. The molecule has 0 spiro atoms. The van der Waals surface area contributed by atoms with Crippen LogP contribution in [0.15, 0.2) is 54.6 Å². The van der Waals surface area contributed by atoms with Crippen LogP contribution in [0.3, 0.4) is 0 Å². The zero-order chi connectivity index (χ0) is 27.4. The molecule has 3 aromatic carbocycles. The van der Waals surface area contributed by atoms with Crippen molar-refractivity contribution < 1.29 is 42.1 Å². The Morgan fingerprint density at radius 1 is 1.00 bits per heavy atom. The van der Waals surface area contributed by atoms with Crippen LogP contribution in [0.1, 0.15) is 43.1 Å². The highest BCUT2D eigenvalue weighted by molar-refractivity contribution is 6.05. The number of halogens is 3. The highest BCUT2D eigenvalue weighted by atomic mass is 19.4. The number of hydrogen-bond acceptors (Lipinski definition) is 5. The van der Waals surface area contributed by atoms with Crippen LogP contribution < -0.4 is 19.5 Å². The number of aliphatic carboxylic acids is 1. The molecule has 0 radical (unpaired) electrons. The topological polar surface area (TPSA) is 94.1 Å². The summed E-state index contributed by atoms with van der Waals surface area (Å²) in [7, 11) is 1.49. The maximum absolute atomic E-state index is 13.3. The SMILES string of the molecule is CCC(C)(C)[C@@H](NC(=O)c1ccc2ccc(OC)cc2c1OCc1ccc(OC(F)(F)F)cc1)C(=O)O. The van der Waals surface area contributed by atoms with E-state index in [1.807, 2.05) is 6.92 Å². The molecule has 1 amide bonds. The molecule has 37 heavy (non-hydrogen) atoms. The van der Waals surface area contributed by atoms with E-state index in [0.29, 0.717) is 23.1 Å². The van der Waals surface area contributed by atoms with Gasteiger partial charge < -0.3 is 24.6 Å². The molecule has 0 bridgehead atoms. The predicted molar refractivity (Wildman–Crippen MR) is 131 cm³/mol. The normalized spacial score (nSPS) is 12.6. The molecule has 2 N–H and O–H groups in total. The number of rotatable bonds is 10. The Hall–Kier alpha value is -3.95. The van der Waals surface area contributed by atoms with Crippen LogP contribution in [0.2, 0.25) is 0 Å². The zero-order valence-electron chi connectivity index (χ0n) is 20.8. The monoisotopic (exact) mass is 519 g/mol. The minimum Gasteiger partial charge on any atom is -0.497 e. The molecule has 10 heteroatoms. The fourth-order valence-electron chi connectivity index (χ4n) is 3.68. The lowest BCUT2D eigenvalue weighted by molar-refractivity contribution is -0.274. The van der Waals surface area contributed by atoms with Gasteiger partial charge in [-0.05, 0) is 53.1 Å². The Balaban J connectivity index is 1.97. The predicted octanol–water partition coefficient (Wildman–Crippen LogP) is 5.95. The molecule has 0 saturated carbocycles. The van der Waals surface area contributed by atoms with Crippen LogP contribution in [0.5, 0.6) is 17.2 Å². The standard InChI is InChI=1S/C27H28F3NO6/c1-5-26(2,3)23(25(33)34)31-24(32)20-13-9-17-8-12-19(35-4)14-21(17)22(20)36-15-16-6-10-18(11-7-16)37-27(28,29)30/h6-14,23H,5,15H2,1-4H3,(H,31,32)(H,33,34)/t23-/m0/s1. The molecule has 0 fully saturated rings. The summed E-state index contributed by atoms with van der Waals surface area (Å²) in [5.41, 5.74) is -0.0877. The van der Waals surface area contributed by atoms with E-state index in [1.165, 1.54) is 25.3 Å². The largest absolute Gasteiger partial charge is 0.573 e. The van der Waals surface area contributed by atoms with Gasteiger partial charge in [-0.15, -0.1) is 13.2 Å². The number of hydrogen-bond donors (Lipinski definition) is 2. The first-order valence-corrected chi connectivity index (χ1v) is 11.5. The quantitative estimate of drug-likeness (QED) is 0.344. The van der Waals surface area contributed by atoms with Crippen LogP contribution in [-0.4, -0.2) is 36.5 Å². The number of carbonyl (C=O) groups is 2. The van der Waals surface area contributed by atoms with Gasteiger partial charge in [0, 0.05) is 5.39 Å². The summed E-state index contributed by atoms with van der Waals surface area (Å²) in [6.45, 7) is 5.26.